The number of thioether (sulfide) groups is 1. The third kappa shape index (κ3) is 3.96. The minimum Gasteiger partial charge on any atom is -0.508 e. The predicted molar refractivity (Wildman–Crippen MR) is 68.7 cm³/mol. The summed E-state index contributed by atoms with van der Waals surface area (Å²) >= 11 is 1.30. The lowest BCUT2D eigenvalue weighted by Gasteiger charge is -2.21. The van der Waals surface area contributed by atoms with Gasteiger partial charge in [0.25, 0.3) is 0 Å². The van der Waals surface area contributed by atoms with Crippen LogP contribution in [-0.4, -0.2) is 45.8 Å². The molecule has 0 aliphatic heterocycles. The molecule has 2 N–H and O–H groups in total. The van der Waals surface area contributed by atoms with Gasteiger partial charge < -0.3 is 15.1 Å². The molecular formula is C12H15NO4S. The van der Waals surface area contributed by atoms with Gasteiger partial charge in [-0.3, -0.25) is 4.79 Å². The van der Waals surface area contributed by atoms with Crippen molar-refractivity contribution in [3.05, 3.63) is 24.3 Å². The Morgan fingerprint density at radius 3 is 2.39 bits per heavy atom. The lowest BCUT2D eigenvalue weighted by atomic mass is 10.3. The van der Waals surface area contributed by atoms with Crippen LogP contribution in [0.4, 0.5) is 0 Å². The first-order valence-corrected chi connectivity index (χ1v) is 6.30. The molecule has 1 aromatic rings. The zero-order valence-corrected chi connectivity index (χ0v) is 11.0. The van der Waals surface area contributed by atoms with Gasteiger partial charge >= 0.3 is 5.97 Å². The van der Waals surface area contributed by atoms with Crippen molar-refractivity contribution in [2.75, 3.05) is 12.8 Å². The Morgan fingerprint density at radius 2 is 1.89 bits per heavy atom. The van der Waals surface area contributed by atoms with E-state index in [9.17, 15) is 9.59 Å². The minimum atomic E-state index is -1.03. The second-order valence-electron chi connectivity index (χ2n) is 3.80. The number of amides is 1. The number of carbonyl (C=O) groups is 2. The number of aliphatic carboxylic acids is 1. The van der Waals surface area contributed by atoms with Crippen LogP contribution in [0.2, 0.25) is 0 Å². The van der Waals surface area contributed by atoms with Gasteiger partial charge in [-0.05, 0) is 31.2 Å². The average molecular weight is 269 g/mol. The number of phenolic OH excluding ortho intramolecular Hbond substituents is 1. The van der Waals surface area contributed by atoms with Crippen molar-refractivity contribution in [1.82, 2.24) is 4.90 Å². The van der Waals surface area contributed by atoms with E-state index in [1.54, 1.807) is 12.1 Å². The third-order valence-electron chi connectivity index (χ3n) is 2.53. The maximum atomic E-state index is 11.7. The predicted octanol–water partition coefficient (Wildman–Crippen LogP) is 1.42. The number of carbonyl (C=O) groups excluding carboxylic acids is 1. The van der Waals surface area contributed by atoms with Crippen molar-refractivity contribution >= 4 is 23.6 Å². The second kappa shape index (κ2) is 6.30. The van der Waals surface area contributed by atoms with Crippen molar-refractivity contribution in [3.63, 3.8) is 0 Å². The quantitative estimate of drug-likeness (QED) is 0.790. The van der Waals surface area contributed by atoms with Crippen molar-refractivity contribution in [3.8, 4) is 5.75 Å². The molecule has 5 nitrogen and oxygen atoms in total. The summed E-state index contributed by atoms with van der Waals surface area (Å²) in [5.41, 5.74) is 0. The number of nitrogens with zero attached hydrogens (tertiary/aromatic N) is 1. The maximum absolute atomic E-state index is 11.7. The van der Waals surface area contributed by atoms with Crippen LogP contribution in [0.3, 0.4) is 0 Å². The van der Waals surface area contributed by atoms with Gasteiger partial charge in [0, 0.05) is 11.9 Å². The van der Waals surface area contributed by atoms with Crippen LogP contribution in [0.15, 0.2) is 29.2 Å². The molecule has 18 heavy (non-hydrogen) atoms. The van der Waals surface area contributed by atoms with E-state index in [0.29, 0.717) is 0 Å². The molecular weight excluding hydrogens is 254 g/mol. The van der Waals surface area contributed by atoms with Crippen LogP contribution in [0.25, 0.3) is 0 Å². The summed E-state index contributed by atoms with van der Waals surface area (Å²) in [5.74, 6) is -0.940. The maximum Gasteiger partial charge on any atom is 0.326 e. The largest absolute Gasteiger partial charge is 0.508 e. The highest BCUT2D eigenvalue weighted by atomic mass is 32.2. The van der Waals surface area contributed by atoms with Crippen LogP contribution in [-0.2, 0) is 9.59 Å². The number of likely N-dealkylation sites (N-methyl/N-ethyl adjacent to an activating group) is 1. The van der Waals surface area contributed by atoms with E-state index in [0.717, 1.165) is 4.90 Å². The van der Waals surface area contributed by atoms with E-state index in [-0.39, 0.29) is 17.4 Å². The zero-order valence-electron chi connectivity index (χ0n) is 10.2. The molecule has 0 saturated carbocycles. The Bertz CT molecular complexity index is 432. The standard InChI is InChI=1S/C12H15NO4S/c1-8(12(16)17)13(2)11(15)7-18-10-5-3-9(14)4-6-10/h3-6,8,14H,7H2,1-2H3,(H,16,17). The van der Waals surface area contributed by atoms with Crippen LogP contribution in [0.5, 0.6) is 5.75 Å². The molecule has 0 spiro atoms. The van der Waals surface area contributed by atoms with Gasteiger partial charge in [0.1, 0.15) is 11.8 Å². The normalized spacial score (nSPS) is 11.9. The summed E-state index contributed by atoms with van der Waals surface area (Å²) in [5, 5.41) is 17.9. The van der Waals surface area contributed by atoms with E-state index in [2.05, 4.69) is 0 Å². The van der Waals surface area contributed by atoms with E-state index >= 15 is 0 Å². The Kier molecular flexibility index (Phi) is 5.03. The van der Waals surface area contributed by atoms with Gasteiger partial charge in [0.05, 0.1) is 5.75 Å². The van der Waals surface area contributed by atoms with Gasteiger partial charge in [-0.1, -0.05) is 0 Å². The van der Waals surface area contributed by atoms with Crippen molar-refractivity contribution in [2.45, 2.75) is 17.9 Å². The molecule has 0 aliphatic rings. The first kappa shape index (κ1) is 14.4. The van der Waals surface area contributed by atoms with Crippen molar-refractivity contribution in [2.24, 2.45) is 0 Å². The number of rotatable bonds is 5. The fraction of sp³-hybridized carbons (Fsp3) is 0.333. The highest BCUT2D eigenvalue weighted by molar-refractivity contribution is 8.00. The van der Waals surface area contributed by atoms with Crippen LogP contribution in [0, 0.1) is 0 Å². The SMILES string of the molecule is CC(C(=O)O)N(C)C(=O)CSc1ccc(O)cc1. The summed E-state index contributed by atoms with van der Waals surface area (Å²) < 4.78 is 0. The molecule has 6 heteroatoms. The number of hydrogen-bond acceptors (Lipinski definition) is 4. The molecule has 1 amide bonds. The lowest BCUT2D eigenvalue weighted by Crippen LogP contribution is -2.41. The third-order valence-corrected chi connectivity index (χ3v) is 3.53. The number of phenols is 1. The van der Waals surface area contributed by atoms with Gasteiger partial charge in [0.2, 0.25) is 5.91 Å². The smallest absolute Gasteiger partial charge is 0.326 e. The van der Waals surface area contributed by atoms with Crippen molar-refractivity contribution < 1.29 is 19.8 Å². The first-order valence-electron chi connectivity index (χ1n) is 5.32. The van der Waals surface area contributed by atoms with Gasteiger partial charge in [-0.2, -0.15) is 0 Å². The number of carboxylic acids is 1. The summed E-state index contributed by atoms with van der Waals surface area (Å²) in [7, 11) is 1.47. The van der Waals surface area contributed by atoms with Gasteiger partial charge in [-0.15, -0.1) is 11.8 Å². The summed E-state index contributed by atoms with van der Waals surface area (Å²) in [6.07, 6.45) is 0. The zero-order chi connectivity index (χ0) is 13.7. The van der Waals surface area contributed by atoms with Crippen LogP contribution >= 0.6 is 11.8 Å². The molecule has 0 fully saturated rings. The molecule has 0 radical (unpaired) electrons. The molecule has 0 aliphatic carbocycles. The van der Waals surface area contributed by atoms with Crippen LogP contribution in [0.1, 0.15) is 6.92 Å². The van der Waals surface area contributed by atoms with E-state index in [1.165, 1.54) is 42.8 Å². The monoisotopic (exact) mass is 269 g/mol. The highest BCUT2D eigenvalue weighted by Gasteiger charge is 2.21. The number of aromatic hydroxyl groups is 1. The molecule has 0 saturated heterocycles. The van der Waals surface area contributed by atoms with E-state index in [1.807, 2.05) is 0 Å². The van der Waals surface area contributed by atoms with Crippen molar-refractivity contribution in [1.29, 1.82) is 0 Å². The fourth-order valence-electron chi connectivity index (χ4n) is 1.17. The van der Waals surface area contributed by atoms with Gasteiger partial charge in [0.15, 0.2) is 0 Å². The Balaban J connectivity index is 2.50. The summed E-state index contributed by atoms with van der Waals surface area (Å²) in [4.78, 5) is 24.5. The molecule has 1 unspecified atom stereocenters. The molecule has 1 rings (SSSR count). The molecule has 0 heterocycles. The number of hydrogen-bond donors (Lipinski definition) is 2. The Morgan fingerprint density at radius 1 is 1.33 bits per heavy atom. The minimum absolute atomic E-state index is 0.166. The first-order chi connectivity index (χ1) is 8.41. The van der Waals surface area contributed by atoms with Crippen LogP contribution < -0.4 is 0 Å². The van der Waals surface area contributed by atoms with E-state index < -0.39 is 12.0 Å². The Labute approximate surface area is 109 Å². The molecule has 1 atom stereocenters. The summed E-state index contributed by atoms with van der Waals surface area (Å²) in [6.45, 7) is 1.46. The molecule has 98 valence electrons. The number of carboxylic acid groups (broad SMARTS) is 1. The highest BCUT2D eigenvalue weighted by Crippen LogP contribution is 2.21. The molecule has 1 aromatic carbocycles. The topological polar surface area (TPSA) is 77.8 Å². The molecule has 0 bridgehead atoms. The fourth-order valence-corrected chi connectivity index (χ4v) is 1.99. The lowest BCUT2D eigenvalue weighted by molar-refractivity contribution is -0.147. The average Bonchev–Trinajstić information content (AvgIpc) is 2.35. The molecule has 0 aromatic heterocycles. The summed E-state index contributed by atoms with van der Waals surface area (Å²) in [6, 6.07) is 5.65. The second-order valence-corrected chi connectivity index (χ2v) is 4.85. The van der Waals surface area contributed by atoms with Gasteiger partial charge in [-0.25, -0.2) is 4.79 Å². The van der Waals surface area contributed by atoms with E-state index in [4.69, 9.17) is 10.2 Å². The number of benzene rings is 1. The Hall–Kier alpha value is -1.69.